The number of anilines is 3. The quantitative estimate of drug-likeness (QED) is 0.860. The number of rotatable bonds is 4. The summed E-state index contributed by atoms with van der Waals surface area (Å²) in [4.78, 5) is 34.6. The SMILES string of the molecule is CC(=O)N1CCN(c2ccc(Nc3ncc(C(N)=O)cn3)cc2)CC1. The highest BCUT2D eigenvalue weighted by molar-refractivity contribution is 5.92. The van der Waals surface area contributed by atoms with Crippen molar-refractivity contribution in [3.8, 4) is 0 Å². The number of nitrogens with one attached hydrogen (secondary N) is 1. The third-order valence-electron chi connectivity index (χ3n) is 4.15. The molecule has 0 bridgehead atoms. The van der Waals surface area contributed by atoms with Crippen molar-refractivity contribution in [1.82, 2.24) is 14.9 Å². The van der Waals surface area contributed by atoms with E-state index in [1.165, 1.54) is 12.4 Å². The minimum Gasteiger partial charge on any atom is -0.368 e. The van der Waals surface area contributed by atoms with Crippen molar-refractivity contribution in [1.29, 1.82) is 0 Å². The Hall–Kier alpha value is -3.16. The van der Waals surface area contributed by atoms with Gasteiger partial charge in [-0.15, -0.1) is 0 Å². The zero-order valence-electron chi connectivity index (χ0n) is 14.0. The van der Waals surface area contributed by atoms with Gasteiger partial charge in [0.2, 0.25) is 11.9 Å². The zero-order valence-corrected chi connectivity index (χ0v) is 14.0. The van der Waals surface area contributed by atoms with E-state index < -0.39 is 5.91 Å². The molecule has 2 heterocycles. The predicted molar refractivity (Wildman–Crippen MR) is 94.7 cm³/mol. The smallest absolute Gasteiger partial charge is 0.251 e. The summed E-state index contributed by atoms with van der Waals surface area (Å²) >= 11 is 0. The Labute approximate surface area is 145 Å². The lowest BCUT2D eigenvalue weighted by Crippen LogP contribution is -2.48. The van der Waals surface area contributed by atoms with Crippen molar-refractivity contribution in [2.45, 2.75) is 6.92 Å². The van der Waals surface area contributed by atoms with Gasteiger partial charge in [-0.3, -0.25) is 9.59 Å². The molecule has 0 aliphatic carbocycles. The van der Waals surface area contributed by atoms with Gasteiger partial charge < -0.3 is 20.9 Å². The Balaban J connectivity index is 1.61. The fourth-order valence-electron chi connectivity index (χ4n) is 2.68. The number of aromatic nitrogens is 2. The molecule has 1 aromatic heterocycles. The third-order valence-corrected chi connectivity index (χ3v) is 4.15. The molecular weight excluding hydrogens is 320 g/mol. The van der Waals surface area contributed by atoms with Gasteiger partial charge in [-0.2, -0.15) is 0 Å². The number of primary amides is 1. The summed E-state index contributed by atoms with van der Waals surface area (Å²) in [7, 11) is 0. The highest BCUT2D eigenvalue weighted by atomic mass is 16.2. The van der Waals surface area contributed by atoms with Crippen LogP contribution in [-0.4, -0.2) is 52.9 Å². The van der Waals surface area contributed by atoms with Crippen molar-refractivity contribution in [3.05, 3.63) is 42.2 Å². The van der Waals surface area contributed by atoms with Gasteiger partial charge in [0.15, 0.2) is 0 Å². The highest BCUT2D eigenvalue weighted by Gasteiger charge is 2.18. The molecule has 1 aliphatic heterocycles. The number of benzene rings is 1. The Kier molecular flexibility index (Phi) is 4.78. The topological polar surface area (TPSA) is 104 Å². The summed E-state index contributed by atoms with van der Waals surface area (Å²) in [5.41, 5.74) is 7.39. The number of carbonyl (C=O) groups is 2. The van der Waals surface area contributed by atoms with Gasteiger partial charge in [-0.05, 0) is 24.3 Å². The van der Waals surface area contributed by atoms with Crippen LogP contribution in [0.5, 0.6) is 0 Å². The van der Waals surface area contributed by atoms with E-state index in [2.05, 4.69) is 20.2 Å². The lowest BCUT2D eigenvalue weighted by Gasteiger charge is -2.35. The van der Waals surface area contributed by atoms with E-state index in [-0.39, 0.29) is 11.5 Å². The van der Waals surface area contributed by atoms with Crippen LogP contribution in [0, 0.1) is 0 Å². The van der Waals surface area contributed by atoms with E-state index in [1.807, 2.05) is 29.2 Å². The molecule has 1 aliphatic rings. The molecule has 0 saturated carbocycles. The highest BCUT2D eigenvalue weighted by Crippen LogP contribution is 2.21. The molecule has 1 fully saturated rings. The molecule has 0 radical (unpaired) electrons. The van der Waals surface area contributed by atoms with Crippen LogP contribution in [0.1, 0.15) is 17.3 Å². The van der Waals surface area contributed by atoms with E-state index >= 15 is 0 Å². The molecule has 8 heteroatoms. The number of hydrogen-bond donors (Lipinski definition) is 2. The van der Waals surface area contributed by atoms with Crippen molar-refractivity contribution in [3.63, 3.8) is 0 Å². The van der Waals surface area contributed by atoms with Crippen molar-refractivity contribution in [2.24, 2.45) is 5.73 Å². The van der Waals surface area contributed by atoms with E-state index in [4.69, 9.17) is 5.73 Å². The van der Waals surface area contributed by atoms with E-state index in [9.17, 15) is 9.59 Å². The number of carbonyl (C=O) groups excluding carboxylic acids is 2. The fourth-order valence-corrected chi connectivity index (χ4v) is 2.68. The third kappa shape index (κ3) is 4.03. The second-order valence-electron chi connectivity index (χ2n) is 5.82. The maximum atomic E-state index is 11.4. The average Bonchev–Trinajstić information content (AvgIpc) is 2.63. The van der Waals surface area contributed by atoms with Crippen LogP contribution in [0.4, 0.5) is 17.3 Å². The van der Waals surface area contributed by atoms with E-state index in [0.717, 1.165) is 37.6 Å². The largest absolute Gasteiger partial charge is 0.368 e. The van der Waals surface area contributed by atoms with Crippen molar-refractivity contribution >= 4 is 29.1 Å². The summed E-state index contributed by atoms with van der Waals surface area (Å²) in [6.07, 6.45) is 2.78. The van der Waals surface area contributed by atoms with Crippen LogP contribution in [0.25, 0.3) is 0 Å². The fraction of sp³-hybridized carbons (Fsp3) is 0.294. The van der Waals surface area contributed by atoms with Crippen LogP contribution in [0.3, 0.4) is 0 Å². The molecule has 1 aromatic carbocycles. The minimum absolute atomic E-state index is 0.126. The van der Waals surface area contributed by atoms with Crippen molar-refractivity contribution < 1.29 is 9.59 Å². The molecule has 8 nitrogen and oxygen atoms in total. The van der Waals surface area contributed by atoms with Gasteiger partial charge in [0.1, 0.15) is 0 Å². The molecule has 0 unspecified atom stereocenters. The lowest BCUT2D eigenvalue weighted by molar-refractivity contribution is -0.129. The van der Waals surface area contributed by atoms with Gasteiger partial charge in [0.05, 0.1) is 5.56 Å². The molecule has 1 saturated heterocycles. The molecule has 2 amide bonds. The average molecular weight is 340 g/mol. The summed E-state index contributed by atoms with van der Waals surface area (Å²) in [5.74, 6) is -0.0323. The van der Waals surface area contributed by atoms with Crippen LogP contribution in [-0.2, 0) is 4.79 Å². The van der Waals surface area contributed by atoms with Gasteiger partial charge in [0.25, 0.3) is 5.91 Å². The second kappa shape index (κ2) is 7.16. The molecule has 2 aromatic rings. The standard InChI is InChI=1S/C17H20N6O2/c1-12(24)22-6-8-23(9-7-22)15-4-2-14(3-5-15)21-17-19-10-13(11-20-17)16(18)25/h2-5,10-11H,6-9H2,1H3,(H2,18,25)(H,19,20,21). The monoisotopic (exact) mass is 340 g/mol. The first kappa shape index (κ1) is 16.7. The summed E-state index contributed by atoms with van der Waals surface area (Å²) < 4.78 is 0. The molecule has 130 valence electrons. The van der Waals surface area contributed by atoms with E-state index in [0.29, 0.717) is 5.95 Å². The molecule has 3 rings (SSSR count). The van der Waals surface area contributed by atoms with Crippen molar-refractivity contribution in [2.75, 3.05) is 36.4 Å². The van der Waals surface area contributed by atoms with Gasteiger partial charge in [-0.1, -0.05) is 0 Å². The number of nitrogens with two attached hydrogens (primary N) is 1. The normalized spacial score (nSPS) is 14.3. The number of piperazine rings is 1. The Morgan fingerprint density at radius 1 is 1.04 bits per heavy atom. The molecular formula is C17H20N6O2. The number of hydrogen-bond acceptors (Lipinski definition) is 6. The minimum atomic E-state index is -0.555. The first-order chi connectivity index (χ1) is 12.0. The molecule has 3 N–H and O–H groups in total. The lowest BCUT2D eigenvalue weighted by atomic mass is 10.2. The summed E-state index contributed by atoms with van der Waals surface area (Å²) in [6, 6.07) is 7.92. The molecule has 25 heavy (non-hydrogen) atoms. The number of nitrogens with zero attached hydrogens (tertiary/aromatic N) is 4. The first-order valence-electron chi connectivity index (χ1n) is 8.02. The summed E-state index contributed by atoms with van der Waals surface area (Å²) in [5, 5.41) is 3.08. The first-order valence-corrected chi connectivity index (χ1v) is 8.02. The van der Waals surface area contributed by atoms with Crippen LogP contribution >= 0.6 is 0 Å². The zero-order chi connectivity index (χ0) is 17.8. The predicted octanol–water partition coefficient (Wildman–Crippen LogP) is 0.988. The van der Waals surface area contributed by atoms with Crippen LogP contribution in [0.2, 0.25) is 0 Å². The number of amides is 2. The Bertz CT molecular complexity index is 752. The van der Waals surface area contributed by atoms with Gasteiger partial charge >= 0.3 is 0 Å². The maximum Gasteiger partial charge on any atom is 0.251 e. The van der Waals surface area contributed by atoms with Gasteiger partial charge in [-0.25, -0.2) is 9.97 Å². The molecule has 0 spiro atoms. The Morgan fingerprint density at radius 2 is 1.64 bits per heavy atom. The maximum absolute atomic E-state index is 11.4. The van der Waals surface area contributed by atoms with Crippen LogP contribution < -0.4 is 16.0 Å². The second-order valence-corrected chi connectivity index (χ2v) is 5.82. The van der Waals surface area contributed by atoms with Crippen LogP contribution in [0.15, 0.2) is 36.7 Å². The Morgan fingerprint density at radius 3 is 2.16 bits per heavy atom. The molecule has 0 atom stereocenters. The van der Waals surface area contributed by atoms with E-state index in [1.54, 1.807) is 6.92 Å². The summed E-state index contributed by atoms with van der Waals surface area (Å²) in [6.45, 7) is 4.74. The van der Waals surface area contributed by atoms with Gasteiger partial charge in [0, 0.05) is 56.9 Å².